The molecule has 0 radical (unpaired) electrons. The molecule has 0 spiro atoms. The molecule has 0 fully saturated rings. The van der Waals surface area contributed by atoms with Gasteiger partial charge in [-0.3, -0.25) is 4.79 Å². The van der Waals surface area contributed by atoms with Crippen LogP contribution in [0.25, 0.3) is 0 Å². The van der Waals surface area contributed by atoms with E-state index in [1.54, 1.807) is 17.1 Å². The molecule has 0 saturated heterocycles. The standard InChI is InChI=1S/C13H26N2O/c1-8-9-12(16)15(7)11(3)10(2)13(4,5)14-6/h8-11,14H,1-7H3/b9-8+. The summed E-state index contributed by atoms with van der Waals surface area (Å²) in [6, 6.07) is 0.200. The van der Waals surface area contributed by atoms with Crippen LogP contribution in [0.15, 0.2) is 12.2 Å². The van der Waals surface area contributed by atoms with Gasteiger partial charge in [0.2, 0.25) is 5.91 Å². The zero-order valence-corrected chi connectivity index (χ0v) is 11.7. The quantitative estimate of drug-likeness (QED) is 0.728. The number of nitrogens with zero attached hydrogens (tertiary/aromatic N) is 1. The van der Waals surface area contributed by atoms with Crippen molar-refractivity contribution in [3.05, 3.63) is 12.2 Å². The fourth-order valence-corrected chi connectivity index (χ4v) is 1.63. The van der Waals surface area contributed by atoms with Gasteiger partial charge in [-0.15, -0.1) is 0 Å². The lowest BCUT2D eigenvalue weighted by Gasteiger charge is -2.39. The molecule has 0 saturated carbocycles. The molecule has 1 amide bonds. The first-order valence-electron chi connectivity index (χ1n) is 5.86. The number of carbonyl (C=O) groups is 1. The van der Waals surface area contributed by atoms with Crippen molar-refractivity contribution < 1.29 is 4.79 Å². The fraction of sp³-hybridized carbons (Fsp3) is 0.769. The lowest BCUT2D eigenvalue weighted by atomic mass is 9.83. The second kappa shape index (κ2) is 6.04. The maximum Gasteiger partial charge on any atom is 0.246 e. The minimum atomic E-state index is 0.0177. The Labute approximate surface area is 99.9 Å². The van der Waals surface area contributed by atoms with Crippen molar-refractivity contribution in [2.45, 2.75) is 46.2 Å². The molecule has 2 atom stereocenters. The summed E-state index contributed by atoms with van der Waals surface area (Å²) in [7, 11) is 3.81. The Balaban J connectivity index is 4.67. The summed E-state index contributed by atoms with van der Waals surface area (Å²) in [6.45, 7) is 10.4. The van der Waals surface area contributed by atoms with E-state index in [0.717, 1.165) is 0 Å². The van der Waals surface area contributed by atoms with Crippen molar-refractivity contribution in [2.24, 2.45) is 5.92 Å². The first-order valence-corrected chi connectivity index (χ1v) is 5.86. The molecule has 3 heteroatoms. The average molecular weight is 226 g/mol. The summed E-state index contributed by atoms with van der Waals surface area (Å²) in [5.74, 6) is 0.436. The van der Waals surface area contributed by atoms with Crippen LogP contribution in [0.3, 0.4) is 0 Å². The summed E-state index contributed by atoms with van der Waals surface area (Å²) < 4.78 is 0. The molecular formula is C13H26N2O. The number of nitrogens with one attached hydrogen (secondary N) is 1. The minimum Gasteiger partial charge on any atom is -0.339 e. The molecule has 0 rings (SSSR count). The highest BCUT2D eigenvalue weighted by atomic mass is 16.2. The van der Waals surface area contributed by atoms with Gasteiger partial charge in [0.1, 0.15) is 0 Å². The SMILES string of the molecule is C/C=C/C(=O)N(C)C(C)C(C)C(C)(C)NC. The van der Waals surface area contributed by atoms with E-state index in [0.29, 0.717) is 5.92 Å². The van der Waals surface area contributed by atoms with Gasteiger partial charge in [0, 0.05) is 18.6 Å². The normalized spacial score (nSPS) is 16.2. The van der Waals surface area contributed by atoms with E-state index in [1.165, 1.54) is 0 Å². The summed E-state index contributed by atoms with van der Waals surface area (Å²) in [5.41, 5.74) is 0.0177. The zero-order chi connectivity index (χ0) is 12.9. The Morgan fingerprint density at radius 2 is 1.88 bits per heavy atom. The van der Waals surface area contributed by atoms with Crippen molar-refractivity contribution in [2.75, 3.05) is 14.1 Å². The number of rotatable bonds is 5. The molecule has 94 valence electrons. The number of likely N-dealkylation sites (N-methyl/N-ethyl adjacent to an activating group) is 1. The maximum atomic E-state index is 11.7. The van der Waals surface area contributed by atoms with E-state index in [2.05, 4.69) is 33.0 Å². The van der Waals surface area contributed by atoms with Gasteiger partial charge >= 0.3 is 0 Å². The Morgan fingerprint density at radius 3 is 2.25 bits per heavy atom. The maximum absolute atomic E-state index is 11.7. The smallest absolute Gasteiger partial charge is 0.246 e. The molecule has 0 aliphatic rings. The van der Waals surface area contributed by atoms with E-state index >= 15 is 0 Å². The van der Waals surface area contributed by atoms with Crippen molar-refractivity contribution in [3.8, 4) is 0 Å². The topological polar surface area (TPSA) is 32.3 Å². The number of amides is 1. The van der Waals surface area contributed by atoms with Crippen molar-refractivity contribution in [1.82, 2.24) is 10.2 Å². The summed E-state index contributed by atoms with van der Waals surface area (Å²) in [4.78, 5) is 13.5. The second-order valence-corrected chi connectivity index (χ2v) is 4.95. The highest BCUT2D eigenvalue weighted by Gasteiger charge is 2.31. The third kappa shape index (κ3) is 3.63. The number of hydrogen-bond acceptors (Lipinski definition) is 2. The van der Waals surface area contributed by atoms with E-state index in [4.69, 9.17) is 0 Å². The van der Waals surface area contributed by atoms with Gasteiger partial charge in [-0.1, -0.05) is 13.0 Å². The minimum absolute atomic E-state index is 0.0177. The average Bonchev–Trinajstić information content (AvgIpc) is 2.26. The van der Waals surface area contributed by atoms with Crippen LogP contribution in [-0.4, -0.2) is 36.5 Å². The van der Waals surface area contributed by atoms with E-state index in [9.17, 15) is 4.79 Å². The van der Waals surface area contributed by atoms with Crippen LogP contribution in [-0.2, 0) is 4.79 Å². The number of hydrogen-bond donors (Lipinski definition) is 1. The Kier molecular flexibility index (Phi) is 5.73. The monoisotopic (exact) mass is 226 g/mol. The molecule has 16 heavy (non-hydrogen) atoms. The molecule has 0 aromatic heterocycles. The van der Waals surface area contributed by atoms with Gasteiger partial charge in [0.05, 0.1) is 0 Å². The third-order valence-electron chi connectivity index (χ3n) is 3.77. The molecular weight excluding hydrogens is 200 g/mol. The van der Waals surface area contributed by atoms with Crippen LogP contribution in [0.2, 0.25) is 0 Å². The molecule has 0 aromatic carbocycles. The summed E-state index contributed by atoms with van der Waals surface area (Å²) in [6.07, 6.45) is 3.38. The highest BCUT2D eigenvalue weighted by Crippen LogP contribution is 2.22. The van der Waals surface area contributed by atoms with Gasteiger partial charge in [0.15, 0.2) is 0 Å². The first kappa shape index (κ1) is 15.2. The molecule has 0 bridgehead atoms. The van der Waals surface area contributed by atoms with Gasteiger partial charge in [0.25, 0.3) is 0 Å². The number of carbonyl (C=O) groups excluding carboxylic acids is 1. The van der Waals surface area contributed by atoms with Crippen molar-refractivity contribution in [3.63, 3.8) is 0 Å². The van der Waals surface area contributed by atoms with Crippen LogP contribution in [0.4, 0.5) is 0 Å². The van der Waals surface area contributed by atoms with Crippen LogP contribution >= 0.6 is 0 Å². The largest absolute Gasteiger partial charge is 0.339 e. The molecule has 0 aromatic rings. The number of allylic oxidation sites excluding steroid dienone is 1. The van der Waals surface area contributed by atoms with E-state index < -0.39 is 0 Å². The lowest BCUT2D eigenvalue weighted by Crippen LogP contribution is -2.52. The first-order chi connectivity index (χ1) is 7.27. The van der Waals surface area contributed by atoms with Gasteiger partial charge in [-0.25, -0.2) is 0 Å². The highest BCUT2D eigenvalue weighted by molar-refractivity contribution is 5.87. The van der Waals surface area contributed by atoms with Crippen LogP contribution in [0, 0.1) is 5.92 Å². The van der Waals surface area contributed by atoms with E-state index in [1.807, 2.05) is 21.0 Å². The molecule has 0 heterocycles. The van der Waals surface area contributed by atoms with Crippen molar-refractivity contribution >= 4 is 5.91 Å². The lowest BCUT2D eigenvalue weighted by molar-refractivity contribution is -0.127. The Morgan fingerprint density at radius 1 is 1.38 bits per heavy atom. The summed E-state index contributed by atoms with van der Waals surface area (Å²) >= 11 is 0. The van der Waals surface area contributed by atoms with Gasteiger partial charge < -0.3 is 10.2 Å². The second-order valence-electron chi connectivity index (χ2n) is 4.95. The van der Waals surface area contributed by atoms with Crippen LogP contribution < -0.4 is 5.32 Å². The zero-order valence-electron chi connectivity index (χ0n) is 11.7. The van der Waals surface area contributed by atoms with Crippen LogP contribution in [0.1, 0.15) is 34.6 Å². The van der Waals surface area contributed by atoms with Gasteiger partial charge in [-0.2, -0.15) is 0 Å². The fourth-order valence-electron chi connectivity index (χ4n) is 1.63. The molecule has 3 nitrogen and oxygen atoms in total. The molecule has 0 aliphatic carbocycles. The Hall–Kier alpha value is -0.830. The molecule has 1 N–H and O–H groups in total. The third-order valence-corrected chi connectivity index (χ3v) is 3.77. The predicted molar refractivity (Wildman–Crippen MR) is 69.3 cm³/mol. The van der Waals surface area contributed by atoms with Crippen molar-refractivity contribution in [1.29, 1.82) is 0 Å². The van der Waals surface area contributed by atoms with E-state index in [-0.39, 0.29) is 17.5 Å². The van der Waals surface area contributed by atoms with Gasteiger partial charge in [-0.05, 0) is 46.7 Å². The molecule has 2 unspecified atom stereocenters. The predicted octanol–water partition coefficient (Wildman–Crippen LogP) is 2.04. The Bertz CT molecular complexity index is 259. The summed E-state index contributed by atoms with van der Waals surface area (Å²) in [5, 5.41) is 3.29. The van der Waals surface area contributed by atoms with Crippen LogP contribution in [0.5, 0.6) is 0 Å². The molecule has 0 aliphatic heterocycles.